The number of carbonyl (C=O) groups is 1. The first-order valence-corrected chi connectivity index (χ1v) is 12.3. The summed E-state index contributed by atoms with van der Waals surface area (Å²) in [6.07, 6.45) is 0. The van der Waals surface area contributed by atoms with Crippen molar-refractivity contribution in [1.29, 1.82) is 0 Å². The van der Waals surface area contributed by atoms with E-state index in [1.165, 1.54) is 0 Å². The number of hydrogen-bond donors (Lipinski definition) is 1. The molecule has 0 heterocycles. The van der Waals surface area contributed by atoms with Gasteiger partial charge in [-0.25, -0.2) is 8.42 Å². The second-order valence-corrected chi connectivity index (χ2v) is 10.1. The van der Waals surface area contributed by atoms with Gasteiger partial charge in [0.2, 0.25) is 5.91 Å². The fourth-order valence-electron chi connectivity index (χ4n) is 2.94. The highest BCUT2D eigenvalue weighted by Crippen LogP contribution is 2.25. The van der Waals surface area contributed by atoms with Crippen LogP contribution in [0.1, 0.15) is 11.1 Å². The van der Waals surface area contributed by atoms with Crippen LogP contribution in [0.4, 0.5) is 5.69 Å². The first-order chi connectivity index (χ1) is 15.3. The van der Waals surface area contributed by atoms with Gasteiger partial charge in [0.05, 0.1) is 17.1 Å². The van der Waals surface area contributed by atoms with E-state index in [0.29, 0.717) is 11.4 Å². The van der Waals surface area contributed by atoms with Gasteiger partial charge in [-0.3, -0.25) is 9.10 Å². The number of amides is 1. The van der Waals surface area contributed by atoms with Gasteiger partial charge in [0.25, 0.3) is 10.0 Å². The van der Waals surface area contributed by atoms with E-state index in [2.05, 4.69) is 21.2 Å². The Kier molecular flexibility index (Phi) is 7.93. The highest BCUT2D eigenvalue weighted by atomic mass is 79.9. The molecule has 3 aromatic carbocycles. The minimum atomic E-state index is -3.93. The number of hydrogen-bond acceptors (Lipinski definition) is 4. The van der Waals surface area contributed by atoms with Crippen LogP contribution in [0.3, 0.4) is 0 Å². The zero-order valence-electron chi connectivity index (χ0n) is 17.9. The summed E-state index contributed by atoms with van der Waals surface area (Å²) < 4.78 is 34.2. The topological polar surface area (TPSA) is 75.7 Å². The van der Waals surface area contributed by atoms with Crippen molar-refractivity contribution in [3.8, 4) is 5.75 Å². The molecule has 0 radical (unpaired) electrons. The Morgan fingerprint density at radius 2 is 1.47 bits per heavy atom. The lowest BCUT2D eigenvalue weighted by molar-refractivity contribution is -0.119. The van der Waals surface area contributed by atoms with E-state index in [1.807, 2.05) is 38.1 Å². The predicted octanol–water partition coefficient (Wildman–Crippen LogP) is 4.46. The second-order valence-electron chi connectivity index (χ2n) is 7.31. The van der Waals surface area contributed by atoms with Gasteiger partial charge in [-0.15, -0.1) is 0 Å². The molecule has 0 atom stereocenters. The standard InChI is InChI=1S/C24H25BrN2O4S/c1-18-3-11-22(12-4-18)31-16-15-26-24(28)17-27(21-9-7-20(25)8-10-21)32(29,30)23-13-5-19(2)6-14-23/h3-14H,15-17H2,1-2H3,(H,26,28). The van der Waals surface area contributed by atoms with E-state index in [9.17, 15) is 13.2 Å². The van der Waals surface area contributed by atoms with Crippen LogP contribution >= 0.6 is 15.9 Å². The van der Waals surface area contributed by atoms with Crippen LogP contribution in [-0.4, -0.2) is 34.0 Å². The summed E-state index contributed by atoms with van der Waals surface area (Å²) in [5.74, 6) is 0.291. The Balaban J connectivity index is 1.69. The van der Waals surface area contributed by atoms with Crippen LogP contribution in [0.5, 0.6) is 5.75 Å². The van der Waals surface area contributed by atoms with Crippen molar-refractivity contribution in [1.82, 2.24) is 5.32 Å². The van der Waals surface area contributed by atoms with Crippen molar-refractivity contribution in [2.45, 2.75) is 18.7 Å². The Hall–Kier alpha value is -2.84. The maximum atomic E-state index is 13.3. The minimum absolute atomic E-state index is 0.126. The summed E-state index contributed by atoms with van der Waals surface area (Å²) in [5, 5.41) is 2.73. The molecular formula is C24H25BrN2O4S. The summed E-state index contributed by atoms with van der Waals surface area (Å²) in [4.78, 5) is 12.7. The minimum Gasteiger partial charge on any atom is -0.492 e. The van der Waals surface area contributed by atoms with Gasteiger partial charge in [-0.2, -0.15) is 0 Å². The van der Waals surface area contributed by atoms with E-state index >= 15 is 0 Å². The maximum Gasteiger partial charge on any atom is 0.264 e. The number of aryl methyl sites for hydroxylation is 2. The van der Waals surface area contributed by atoms with Gasteiger partial charge >= 0.3 is 0 Å². The lowest BCUT2D eigenvalue weighted by Crippen LogP contribution is -2.41. The SMILES string of the molecule is Cc1ccc(OCCNC(=O)CN(c2ccc(Br)cc2)S(=O)(=O)c2ccc(C)cc2)cc1. The molecule has 0 unspecified atom stereocenters. The smallest absolute Gasteiger partial charge is 0.264 e. The summed E-state index contributed by atoms with van der Waals surface area (Å²) >= 11 is 3.35. The van der Waals surface area contributed by atoms with E-state index in [4.69, 9.17) is 4.74 Å². The third-order valence-electron chi connectivity index (χ3n) is 4.72. The third kappa shape index (κ3) is 6.34. The van der Waals surface area contributed by atoms with Crippen molar-refractivity contribution in [2.75, 3.05) is 24.0 Å². The number of nitrogens with one attached hydrogen (secondary N) is 1. The number of halogens is 1. The monoisotopic (exact) mass is 516 g/mol. The van der Waals surface area contributed by atoms with E-state index in [0.717, 1.165) is 19.9 Å². The molecule has 1 amide bonds. The molecule has 0 bridgehead atoms. The van der Waals surface area contributed by atoms with Gasteiger partial charge in [0.1, 0.15) is 18.9 Å². The first kappa shape index (κ1) is 23.8. The number of anilines is 1. The van der Waals surface area contributed by atoms with Gasteiger partial charge in [0, 0.05) is 4.47 Å². The summed E-state index contributed by atoms with van der Waals surface area (Å²) in [7, 11) is -3.93. The molecule has 0 spiro atoms. The number of nitrogens with zero attached hydrogens (tertiary/aromatic N) is 1. The van der Waals surface area contributed by atoms with Gasteiger partial charge in [0.15, 0.2) is 0 Å². The molecule has 0 aliphatic heterocycles. The Morgan fingerprint density at radius 1 is 0.906 bits per heavy atom. The molecule has 0 aliphatic rings. The highest BCUT2D eigenvalue weighted by molar-refractivity contribution is 9.10. The number of ether oxygens (including phenoxy) is 1. The fraction of sp³-hybridized carbons (Fsp3) is 0.208. The molecule has 32 heavy (non-hydrogen) atoms. The molecule has 168 valence electrons. The second kappa shape index (κ2) is 10.7. The van der Waals surface area contributed by atoms with E-state index < -0.39 is 15.9 Å². The van der Waals surface area contributed by atoms with E-state index in [1.54, 1.807) is 48.5 Å². The quantitative estimate of drug-likeness (QED) is 0.426. The van der Waals surface area contributed by atoms with Crippen LogP contribution in [0.15, 0.2) is 82.2 Å². The maximum absolute atomic E-state index is 13.3. The molecular weight excluding hydrogens is 492 g/mol. The third-order valence-corrected chi connectivity index (χ3v) is 7.04. The lowest BCUT2D eigenvalue weighted by Gasteiger charge is -2.24. The molecule has 0 saturated carbocycles. The van der Waals surface area contributed by atoms with Gasteiger partial charge in [-0.1, -0.05) is 51.3 Å². The Morgan fingerprint density at radius 3 is 2.06 bits per heavy atom. The van der Waals surface area contributed by atoms with Crippen LogP contribution in [0, 0.1) is 13.8 Å². The predicted molar refractivity (Wildman–Crippen MR) is 130 cm³/mol. The zero-order chi connectivity index (χ0) is 23.1. The molecule has 3 aromatic rings. The largest absolute Gasteiger partial charge is 0.492 e. The number of rotatable bonds is 9. The van der Waals surface area contributed by atoms with E-state index in [-0.39, 0.29) is 24.6 Å². The van der Waals surface area contributed by atoms with Crippen molar-refractivity contribution in [3.05, 3.63) is 88.4 Å². The highest BCUT2D eigenvalue weighted by Gasteiger charge is 2.27. The van der Waals surface area contributed by atoms with Crippen LogP contribution < -0.4 is 14.4 Å². The van der Waals surface area contributed by atoms with Crippen molar-refractivity contribution < 1.29 is 17.9 Å². The van der Waals surface area contributed by atoms with Crippen molar-refractivity contribution in [3.63, 3.8) is 0 Å². The number of sulfonamides is 1. The summed E-state index contributed by atoms with van der Waals surface area (Å²) in [6.45, 7) is 4.06. The molecule has 0 fully saturated rings. The molecule has 1 N–H and O–H groups in total. The number of benzene rings is 3. The van der Waals surface area contributed by atoms with Crippen LogP contribution in [-0.2, 0) is 14.8 Å². The molecule has 0 aromatic heterocycles. The van der Waals surface area contributed by atoms with Gasteiger partial charge in [-0.05, 0) is 62.4 Å². The normalized spacial score (nSPS) is 11.1. The van der Waals surface area contributed by atoms with Crippen molar-refractivity contribution >= 4 is 37.5 Å². The molecule has 0 saturated heterocycles. The fourth-order valence-corrected chi connectivity index (χ4v) is 4.63. The summed E-state index contributed by atoms with van der Waals surface area (Å²) in [5.41, 5.74) is 2.48. The average Bonchev–Trinajstić information content (AvgIpc) is 2.77. The lowest BCUT2D eigenvalue weighted by atomic mass is 10.2. The van der Waals surface area contributed by atoms with Gasteiger partial charge < -0.3 is 10.1 Å². The van der Waals surface area contributed by atoms with Crippen molar-refractivity contribution in [2.24, 2.45) is 0 Å². The molecule has 0 aliphatic carbocycles. The first-order valence-electron chi connectivity index (χ1n) is 10.1. The molecule has 6 nitrogen and oxygen atoms in total. The zero-order valence-corrected chi connectivity index (χ0v) is 20.3. The number of carbonyl (C=O) groups excluding carboxylic acids is 1. The Bertz CT molecular complexity index is 1150. The summed E-state index contributed by atoms with van der Waals surface area (Å²) in [6, 6.07) is 21.0. The van der Waals surface area contributed by atoms with Crippen LogP contribution in [0.2, 0.25) is 0 Å². The average molecular weight is 517 g/mol. The Labute approximate surface area is 197 Å². The molecule has 3 rings (SSSR count). The van der Waals surface area contributed by atoms with Crippen LogP contribution in [0.25, 0.3) is 0 Å². The molecule has 8 heteroatoms.